The molecule has 0 aliphatic carbocycles. The number of amides is 3. The molecular weight excluding hydrogens is 280 g/mol. The molecule has 0 spiro atoms. The molecule has 0 aromatic heterocycles. The molecule has 2 rings (SSSR count). The topological polar surface area (TPSA) is 82.3 Å². The van der Waals surface area contributed by atoms with Crippen LogP contribution in [0.4, 0.5) is 10.5 Å². The van der Waals surface area contributed by atoms with E-state index in [2.05, 4.69) is 21.3 Å². The lowest BCUT2D eigenvalue weighted by Crippen LogP contribution is -2.43. The predicted octanol–water partition coefficient (Wildman–Crippen LogP) is 1.70. The van der Waals surface area contributed by atoms with Crippen molar-refractivity contribution in [2.45, 2.75) is 38.8 Å². The van der Waals surface area contributed by atoms with Crippen LogP contribution in [0.3, 0.4) is 0 Å². The van der Waals surface area contributed by atoms with E-state index < -0.39 is 0 Å². The quantitative estimate of drug-likeness (QED) is 0.683. The Morgan fingerprint density at radius 3 is 2.55 bits per heavy atom. The van der Waals surface area contributed by atoms with E-state index in [9.17, 15) is 9.59 Å². The van der Waals surface area contributed by atoms with Crippen LogP contribution in [-0.4, -0.2) is 37.1 Å². The molecule has 22 heavy (non-hydrogen) atoms. The molecular formula is C16H24N4O2. The Morgan fingerprint density at radius 2 is 1.86 bits per heavy atom. The zero-order chi connectivity index (χ0) is 15.9. The molecule has 1 aromatic carbocycles. The van der Waals surface area contributed by atoms with E-state index in [0.29, 0.717) is 11.3 Å². The van der Waals surface area contributed by atoms with E-state index in [1.807, 2.05) is 13.8 Å². The summed E-state index contributed by atoms with van der Waals surface area (Å²) < 4.78 is 0. The van der Waals surface area contributed by atoms with Gasteiger partial charge in [-0.1, -0.05) is 12.1 Å². The number of urea groups is 1. The molecule has 0 saturated carbocycles. The maximum atomic E-state index is 12.4. The Balaban J connectivity index is 2.03. The number of rotatable bonds is 4. The highest BCUT2D eigenvalue weighted by molar-refractivity contribution is 6.03. The SMILES string of the molecule is CC(C)NC(=O)Nc1ccccc1C(=O)NC1CCNCC1. The second-order valence-electron chi connectivity index (χ2n) is 5.80. The summed E-state index contributed by atoms with van der Waals surface area (Å²) in [6, 6.07) is 6.97. The van der Waals surface area contributed by atoms with E-state index in [-0.39, 0.29) is 24.0 Å². The number of hydrogen-bond donors (Lipinski definition) is 4. The lowest BCUT2D eigenvalue weighted by atomic mass is 10.1. The van der Waals surface area contributed by atoms with Crippen LogP contribution in [0.25, 0.3) is 0 Å². The van der Waals surface area contributed by atoms with E-state index in [0.717, 1.165) is 25.9 Å². The molecule has 6 heteroatoms. The molecule has 6 nitrogen and oxygen atoms in total. The molecule has 0 unspecified atom stereocenters. The first-order valence-electron chi connectivity index (χ1n) is 7.74. The fraction of sp³-hybridized carbons (Fsp3) is 0.500. The van der Waals surface area contributed by atoms with Crippen molar-refractivity contribution in [1.29, 1.82) is 0 Å². The second-order valence-corrected chi connectivity index (χ2v) is 5.80. The fourth-order valence-corrected chi connectivity index (χ4v) is 2.44. The minimum Gasteiger partial charge on any atom is -0.349 e. The average Bonchev–Trinajstić information content (AvgIpc) is 2.47. The number of para-hydroxylation sites is 1. The normalized spacial score (nSPS) is 15.4. The van der Waals surface area contributed by atoms with Gasteiger partial charge in [0.05, 0.1) is 11.3 Å². The van der Waals surface area contributed by atoms with Crippen molar-refractivity contribution in [3.63, 3.8) is 0 Å². The molecule has 1 heterocycles. The molecule has 1 fully saturated rings. The standard InChI is InChI=1S/C16H24N4O2/c1-11(2)18-16(22)20-14-6-4-3-5-13(14)15(21)19-12-7-9-17-10-8-12/h3-6,11-12,17H,7-10H2,1-2H3,(H,19,21)(H2,18,20,22). The van der Waals surface area contributed by atoms with Crippen molar-refractivity contribution >= 4 is 17.6 Å². The van der Waals surface area contributed by atoms with Gasteiger partial charge < -0.3 is 21.3 Å². The molecule has 1 aliphatic heterocycles. The lowest BCUT2D eigenvalue weighted by Gasteiger charge is -2.24. The molecule has 0 atom stereocenters. The highest BCUT2D eigenvalue weighted by Gasteiger charge is 2.18. The number of carbonyl (C=O) groups excluding carboxylic acids is 2. The zero-order valence-electron chi connectivity index (χ0n) is 13.1. The van der Waals surface area contributed by atoms with E-state index in [1.165, 1.54) is 0 Å². The number of hydrogen-bond acceptors (Lipinski definition) is 3. The van der Waals surface area contributed by atoms with Gasteiger partial charge in [-0.05, 0) is 51.9 Å². The van der Waals surface area contributed by atoms with Gasteiger partial charge in [0, 0.05) is 12.1 Å². The largest absolute Gasteiger partial charge is 0.349 e. The lowest BCUT2D eigenvalue weighted by molar-refractivity contribution is 0.0930. The third kappa shape index (κ3) is 4.73. The summed E-state index contributed by atoms with van der Waals surface area (Å²) in [6.45, 7) is 5.61. The summed E-state index contributed by atoms with van der Waals surface area (Å²) in [5.74, 6) is -0.146. The predicted molar refractivity (Wildman–Crippen MR) is 87.1 cm³/mol. The van der Waals surface area contributed by atoms with Crippen molar-refractivity contribution in [3.05, 3.63) is 29.8 Å². The van der Waals surface area contributed by atoms with Crippen LogP contribution in [-0.2, 0) is 0 Å². The van der Waals surface area contributed by atoms with Gasteiger partial charge in [-0.15, -0.1) is 0 Å². The summed E-state index contributed by atoms with van der Waals surface area (Å²) in [4.78, 5) is 24.3. The molecule has 4 N–H and O–H groups in total. The summed E-state index contributed by atoms with van der Waals surface area (Å²) in [5.41, 5.74) is 1.01. The molecule has 1 aliphatic rings. The van der Waals surface area contributed by atoms with Gasteiger partial charge in [-0.2, -0.15) is 0 Å². The van der Waals surface area contributed by atoms with Crippen LogP contribution in [0.15, 0.2) is 24.3 Å². The third-order valence-corrected chi connectivity index (χ3v) is 3.51. The van der Waals surface area contributed by atoms with Crippen molar-refractivity contribution in [1.82, 2.24) is 16.0 Å². The van der Waals surface area contributed by atoms with Crippen molar-refractivity contribution < 1.29 is 9.59 Å². The first-order valence-corrected chi connectivity index (χ1v) is 7.74. The Kier molecular flexibility index (Phi) is 5.77. The Hall–Kier alpha value is -2.08. The van der Waals surface area contributed by atoms with Gasteiger partial charge >= 0.3 is 6.03 Å². The summed E-state index contributed by atoms with van der Waals surface area (Å²) in [7, 11) is 0. The molecule has 1 saturated heterocycles. The number of piperidine rings is 1. The van der Waals surface area contributed by atoms with E-state index in [4.69, 9.17) is 0 Å². The summed E-state index contributed by atoms with van der Waals surface area (Å²) in [6.07, 6.45) is 1.85. The van der Waals surface area contributed by atoms with E-state index in [1.54, 1.807) is 24.3 Å². The number of anilines is 1. The minimum atomic E-state index is -0.308. The van der Waals surface area contributed by atoms with Gasteiger partial charge in [-0.25, -0.2) is 4.79 Å². The van der Waals surface area contributed by atoms with Crippen LogP contribution >= 0.6 is 0 Å². The molecule has 1 aromatic rings. The third-order valence-electron chi connectivity index (χ3n) is 3.51. The van der Waals surface area contributed by atoms with Crippen molar-refractivity contribution in [2.24, 2.45) is 0 Å². The Labute approximate surface area is 131 Å². The van der Waals surface area contributed by atoms with Crippen molar-refractivity contribution in [2.75, 3.05) is 18.4 Å². The van der Waals surface area contributed by atoms with Crippen LogP contribution in [0, 0.1) is 0 Å². The highest BCUT2D eigenvalue weighted by Crippen LogP contribution is 2.16. The Morgan fingerprint density at radius 1 is 1.18 bits per heavy atom. The molecule has 3 amide bonds. The number of carbonyl (C=O) groups is 2. The maximum Gasteiger partial charge on any atom is 0.319 e. The molecule has 0 bridgehead atoms. The second kappa shape index (κ2) is 7.79. The van der Waals surface area contributed by atoms with Gasteiger partial charge in [0.15, 0.2) is 0 Å². The first-order chi connectivity index (χ1) is 10.6. The van der Waals surface area contributed by atoms with Gasteiger partial charge in [0.2, 0.25) is 0 Å². The van der Waals surface area contributed by atoms with Crippen molar-refractivity contribution in [3.8, 4) is 0 Å². The van der Waals surface area contributed by atoms with Gasteiger partial charge in [0.1, 0.15) is 0 Å². The van der Waals surface area contributed by atoms with Crippen LogP contribution in [0.1, 0.15) is 37.0 Å². The minimum absolute atomic E-state index is 0.0377. The summed E-state index contributed by atoms with van der Waals surface area (Å²) >= 11 is 0. The van der Waals surface area contributed by atoms with Crippen LogP contribution in [0.5, 0.6) is 0 Å². The van der Waals surface area contributed by atoms with E-state index >= 15 is 0 Å². The Bertz CT molecular complexity index is 525. The first kappa shape index (κ1) is 16.3. The monoisotopic (exact) mass is 304 g/mol. The highest BCUT2D eigenvalue weighted by atomic mass is 16.2. The van der Waals surface area contributed by atoms with Gasteiger partial charge in [0.25, 0.3) is 5.91 Å². The zero-order valence-corrected chi connectivity index (χ0v) is 13.1. The maximum absolute atomic E-state index is 12.4. The smallest absolute Gasteiger partial charge is 0.319 e. The molecule has 120 valence electrons. The summed E-state index contributed by atoms with van der Waals surface area (Å²) in [5, 5.41) is 11.8. The fourth-order valence-electron chi connectivity index (χ4n) is 2.44. The molecule has 0 radical (unpaired) electrons. The number of benzene rings is 1. The number of nitrogens with one attached hydrogen (secondary N) is 4. The van der Waals surface area contributed by atoms with Crippen LogP contribution < -0.4 is 21.3 Å². The van der Waals surface area contributed by atoms with Gasteiger partial charge in [-0.3, -0.25) is 4.79 Å². The average molecular weight is 304 g/mol. The van der Waals surface area contributed by atoms with Crippen LogP contribution in [0.2, 0.25) is 0 Å².